The van der Waals surface area contributed by atoms with Gasteiger partial charge in [0.25, 0.3) is 0 Å². The van der Waals surface area contributed by atoms with Crippen LogP contribution in [0.2, 0.25) is 0 Å². The number of thioether (sulfide) groups is 1. The molecule has 0 fully saturated rings. The van der Waals surface area contributed by atoms with E-state index in [0.29, 0.717) is 18.1 Å². The third-order valence-corrected chi connectivity index (χ3v) is 6.80. The third kappa shape index (κ3) is 6.33. The number of carbonyl (C=O) groups is 1. The van der Waals surface area contributed by atoms with Crippen molar-refractivity contribution in [2.75, 3.05) is 23.9 Å². The van der Waals surface area contributed by atoms with Gasteiger partial charge in [-0.3, -0.25) is 10.1 Å². The number of amides is 1. The second-order valence-corrected chi connectivity index (χ2v) is 9.48. The lowest BCUT2D eigenvalue weighted by Gasteiger charge is -2.05. The van der Waals surface area contributed by atoms with Gasteiger partial charge in [0, 0.05) is 23.5 Å². The highest BCUT2D eigenvalue weighted by atomic mass is 32.2. The van der Waals surface area contributed by atoms with E-state index in [1.54, 1.807) is 23.9 Å². The van der Waals surface area contributed by atoms with Crippen molar-refractivity contribution in [3.05, 3.63) is 60.5 Å². The van der Waals surface area contributed by atoms with Crippen LogP contribution in [-0.2, 0) is 21.1 Å². The molecular weight excluding hydrogens is 426 g/mol. The Morgan fingerprint density at radius 2 is 1.83 bits per heavy atom. The predicted octanol–water partition coefficient (Wildman–Crippen LogP) is 3.22. The molecule has 2 aromatic carbocycles. The number of carbonyl (C=O) groups excluding carboxylic acids is 1. The first-order valence-corrected chi connectivity index (χ1v) is 11.8. The molecule has 158 valence electrons. The van der Waals surface area contributed by atoms with Crippen molar-refractivity contribution in [3.8, 4) is 5.75 Å². The molecule has 3 aromatic rings. The van der Waals surface area contributed by atoms with Gasteiger partial charge in [-0.1, -0.05) is 23.3 Å². The van der Waals surface area contributed by atoms with Crippen LogP contribution in [-0.4, -0.2) is 43.1 Å². The van der Waals surface area contributed by atoms with Crippen molar-refractivity contribution < 1.29 is 22.4 Å². The van der Waals surface area contributed by atoms with Gasteiger partial charge < -0.3 is 9.15 Å². The van der Waals surface area contributed by atoms with E-state index in [1.165, 1.54) is 19.2 Å². The number of hydrogen-bond acceptors (Lipinski definition) is 8. The second kappa shape index (κ2) is 10.3. The molecule has 0 unspecified atom stereocenters. The Labute approximate surface area is 179 Å². The minimum atomic E-state index is -3.59. The van der Waals surface area contributed by atoms with Crippen molar-refractivity contribution in [2.45, 2.75) is 22.6 Å². The fourth-order valence-electron chi connectivity index (χ4n) is 2.49. The number of benzene rings is 2. The Morgan fingerprint density at radius 3 is 2.53 bits per heavy atom. The fraction of sp³-hybridized carbons (Fsp3) is 0.250. The van der Waals surface area contributed by atoms with Gasteiger partial charge in [0.05, 0.1) is 17.8 Å². The number of nitrogens with zero attached hydrogens (tertiary/aromatic N) is 2. The molecule has 30 heavy (non-hydrogen) atoms. The van der Waals surface area contributed by atoms with Crippen LogP contribution >= 0.6 is 11.8 Å². The Morgan fingerprint density at radius 1 is 1.10 bits per heavy atom. The second-order valence-electron chi connectivity index (χ2n) is 6.21. The molecule has 0 aliphatic heterocycles. The van der Waals surface area contributed by atoms with E-state index in [2.05, 4.69) is 15.5 Å². The zero-order valence-corrected chi connectivity index (χ0v) is 17.9. The van der Waals surface area contributed by atoms with E-state index in [1.807, 2.05) is 30.3 Å². The van der Waals surface area contributed by atoms with E-state index in [0.717, 1.165) is 10.6 Å². The molecule has 0 aliphatic carbocycles. The predicted molar refractivity (Wildman–Crippen MR) is 113 cm³/mol. The maximum Gasteiger partial charge on any atom is 0.322 e. The molecule has 0 bridgehead atoms. The van der Waals surface area contributed by atoms with Gasteiger partial charge in [0.1, 0.15) is 5.75 Å². The van der Waals surface area contributed by atoms with Crippen molar-refractivity contribution >= 4 is 33.5 Å². The Bertz CT molecular complexity index is 1070. The van der Waals surface area contributed by atoms with E-state index in [9.17, 15) is 13.2 Å². The van der Waals surface area contributed by atoms with Crippen LogP contribution in [0.3, 0.4) is 0 Å². The molecule has 0 saturated heterocycles. The number of aryl methyl sites for hydroxylation is 1. The fourth-order valence-corrected chi connectivity index (χ4v) is 4.59. The summed E-state index contributed by atoms with van der Waals surface area (Å²) in [6.07, 6.45) is 0.324. The van der Waals surface area contributed by atoms with Gasteiger partial charge in [-0.15, -0.1) is 16.9 Å². The molecule has 1 aromatic heterocycles. The summed E-state index contributed by atoms with van der Waals surface area (Å²) in [4.78, 5) is 13.3. The highest BCUT2D eigenvalue weighted by molar-refractivity contribution is 7.99. The smallest absolute Gasteiger partial charge is 0.322 e. The molecule has 8 nitrogen and oxygen atoms in total. The Balaban J connectivity index is 1.45. The first-order chi connectivity index (χ1) is 14.5. The number of aromatic nitrogens is 2. The molecule has 10 heteroatoms. The van der Waals surface area contributed by atoms with E-state index in [-0.39, 0.29) is 23.1 Å². The zero-order valence-electron chi connectivity index (χ0n) is 16.3. The quantitative estimate of drug-likeness (QED) is 0.472. The van der Waals surface area contributed by atoms with E-state index in [4.69, 9.17) is 9.15 Å². The molecule has 0 atom stereocenters. The summed E-state index contributed by atoms with van der Waals surface area (Å²) in [6.45, 7) is 0. The van der Waals surface area contributed by atoms with E-state index < -0.39 is 15.7 Å². The Kier molecular flexibility index (Phi) is 7.47. The largest absolute Gasteiger partial charge is 0.497 e. The number of anilines is 1. The van der Waals surface area contributed by atoms with Crippen LogP contribution in [0.4, 0.5) is 6.01 Å². The van der Waals surface area contributed by atoms with Crippen LogP contribution in [0.25, 0.3) is 0 Å². The average molecular weight is 448 g/mol. The minimum Gasteiger partial charge on any atom is -0.497 e. The highest BCUT2D eigenvalue weighted by Gasteiger charge is 2.18. The first-order valence-electron chi connectivity index (χ1n) is 9.13. The molecule has 0 spiro atoms. The summed E-state index contributed by atoms with van der Waals surface area (Å²) < 4.78 is 35.1. The lowest BCUT2D eigenvalue weighted by molar-refractivity contribution is -0.116. The molecule has 0 radical (unpaired) electrons. The third-order valence-electron chi connectivity index (χ3n) is 4.06. The van der Waals surface area contributed by atoms with Crippen LogP contribution in [0.15, 0.2) is 68.8 Å². The van der Waals surface area contributed by atoms with Crippen molar-refractivity contribution in [2.24, 2.45) is 0 Å². The summed E-state index contributed by atoms with van der Waals surface area (Å²) in [5, 5.41) is 10.1. The highest BCUT2D eigenvalue weighted by Crippen LogP contribution is 2.19. The molecule has 0 aliphatic rings. The lowest BCUT2D eigenvalue weighted by atomic mass is 10.3. The standard InChI is InChI=1S/C20H21N3O5S2/c1-27-15-7-9-17(10-8-15)30(25,26)14-12-18(24)21-20-23-22-19(28-20)11-13-29-16-5-3-2-4-6-16/h2-10H,11-14H2,1H3,(H,21,23,24). The zero-order chi connectivity index (χ0) is 21.4. The van der Waals surface area contributed by atoms with Gasteiger partial charge in [0.2, 0.25) is 11.8 Å². The molecule has 0 saturated carbocycles. The van der Waals surface area contributed by atoms with Crippen LogP contribution in [0.5, 0.6) is 5.75 Å². The number of methoxy groups -OCH3 is 1. The number of hydrogen-bond donors (Lipinski definition) is 1. The summed E-state index contributed by atoms with van der Waals surface area (Å²) in [7, 11) is -2.09. The summed E-state index contributed by atoms with van der Waals surface area (Å²) >= 11 is 1.66. The van der Waals surface area contributed by atoms with Crippen LogP contribution in [0, 0.1) is 0 Å². The van der Waals surface area contributed by atoms with Gasteiger partial charge in [0.15, 0.2) is 9.84 Å². The van der Waals surface area contributed by atoms with Crippen LogP contribution in [0.1, 0.15) is 12.3 Å². The topological polar surface area (TPSA) is 111 Å². The maximum atomic E-state index is 12.4. The first kappa shape index (κ1) is 21.8. The minimum absolute atomic E-state index is 0.0402. The average Bonchev–Trinajstić information content (AvgIpc) is 3.20. The number of rotatable bonds is 10. The molecule has 1 amide bonds. The molecular formula is C20H21N3O5S2. The van der Waals surface area contributed by atoms with Gasteiger partial charge in [-0.2, -0.15) is 0 Å². The van der Waals surface area contributed by atoms with Gasteiger partial charge >= 0.3 is 6.01 Å². The summed E-state index contributed by atoms with van der Waals surface area (Å²) in [5.74, 6) is 0.862. The molecule has 1 N–H and O–H groups in total. The number of ether oxygens (including phenoxy) is 1. The Hall–Kier alpha value is -2.85. The lowest BCUT2D eigenvalue weighted by Crippen LogP contribution is -2.17. The maximum absolute atomic E-state index is 12.4. The normalized spacial score (nSPS) is 11.2. The van der Waals surface area contributed by atoms with E-state index >= 15 is 0 Å². The van der Waals surface area contributed by atoms with Crippen molar-refractivity contribution in [3.63, 3.8) is 0 Å². The summed E-state index contributed by atoms with van der Waals surface area (Å²) in [5.41, 5.74) is 0. The number of sulfone groups is 1. The van der Waals surface area contributed by atoms with Crippen molar-refractivity contribution in [1.29, 1.82) is 0 Å². The van der Waals surface area contributed by atoms with Gasteiger partial charge in [-0.25, -0.2) is 8.42 Å². The number of nitrogens with one attached hydrogen (secondary N) is 1. The van der Waals surface area contributed by atoms with Gasteiger partial charge in [-0.05, 0) is 36.4 Å². The monoisotopic (exact) mass is 447 g/mol. The van der Waals surface area contributed by atoms with Crippen LogP contribution < -0.4 is 10.1 Å². The SMILES string of the molecule is COc1ccc(S(=O)(=O)CCC(=O)Nc2nnc(CCSc3ccccc3)o2)cc1. The molecule has 3 rings (SSSR count). The molecule has 1 heterocycles. The summed E-state index contributed by atoms with van der Waals surface area (Å²) in [6, 6.07) is 15.9. The van der Waals surface area contributed by atoms with Crippen molar-refractivity contribution in [1.82, 2.24) is 10.2 Å².